The van der Waals surface area contributed by atoms with Gasteiger partial charge in [-0.3, -0.25) is 0 Å². The van der Waals surface area contributed by atoms with Gasteiger partial charge in [0.15, 0.2) is 0 Å². The van der Waals surface area contributed by atoms with E-state index in [1.54, 1.807) is 0 Å². The lowest BCUT2D eigenvalue weighted by molar-refractivity contribution is 0.236. The summed E-state index contributed by atoms with van der Waals surface area (Å²) >= 11 is 6.26. The lowest BCUT2D eigenvalue weighted by Crippen LogP contribution is -2.17. The quantitative estimate of drug-likeness (QED) is 0.851. The number of hydrogen-bond donors (Lipinski definition) is 1. The first kappa shape index (κ1) is 15.3. The molecule has 1 rings (SSSR count). The monoisotopic (exact) mass is 269 g/mol. The first-order chi connectivity index (χ1) is 8.38. The summed E-state index contributed by atoms with van der Waals surface area (Å²) in [5.74, 6) is 0.910. The standard InChI is InChI=1S/C15H24ClNO/c1-6-7-13(17)14-11(5)12(16)8-10(4)15(14)18-9(2)3/h8-9,13H,6-7,17H2,1-5H3. The number of aryl methyl sites for hydroxylation is 1. The first-order valence-corrected chi connectivity index (χ1v) is 6.98. The first-order valence-electron chi connectivity index (χ1n) is 6.60. The highest BCUT2D eigenvalue weighted by Crippen LogP contribution is 2.37. The predicted octanol–water partition coefficient (Wildman–Crippen LogP) is 4.54. The van der Waals surface area contributed by atoms with Gasteiger partial charge in [0.1, 0.15) is 5.75 Å². The van der Waals surface area contributed by atoms with Crippen molar-refractivity contribution in [1.82, 2.24) is 0 Å². The molecule has 1 aromatic rings. The molecule has 18 heavy (non-hydrogen) atoms. The maximum absolute atomic E-state index is 6.28. The summed E-state index contributed by atoms with van der Waals surface area (Å²) in [5, 5.41) is 0.769. The van der Waals surface area contributed by atoms with E-state index in [1.165, 1.54) is 0 Å². The van der Waals surface area contributed by atoms with Crippen LogP contribution < -0.4 is 10.5 Å². The fourth-order valence-electron chi connectivity index (χ4n) is 2.17. The van der Waals surface area contributed by atoms with Gasteiger partial charge in [0, 0.05) is 16.6 Å². The van der Waals surface area contributed by atoms with Gasteiger partial charge < -0.3 is 10.5 Å². The van der Waals surface area contributed by atoms with Crippen LogP contribution in [-0.4, -0.2) is 6.10 Å². The van der Waals surface area contributed by atoms with Gasteiger partial charge in [-0.05, 0) is 51.3 Å². The second kappa shape index (κ2) is 6.44. The molecule has 2 N–H and O–H groups in total. The van der Waals surface area contributed by atoms with Gasteiger partial charge in [-0.1, -0.05) is 24.9 Å². The Labute approximate surface area is 115 Å². The third kappa shape index (κ3) is 3.39. The van der Waals surface area contributed by atoms with Crippen LogP contribution in [0, 0.1) is 13.8 Å². The molecule has 0 amide bonds. The van der Waals surface area contributed by atoms with Gasteiger partial charge in [-0.25, -0.2) is 0 Å². The van der Waals surface area contributed by atoms with Gasteiger partial charge in [-0.15, -0.1) is 0 Å². The molecule has 0 aliphatic heterocycles. The maximum Gasteiger partial charge on any atom is 0.127 e. The van der Waals surface area contributed by atoms with E-state index in [0.29, 0.717) is 0 Å². The van der Waals surface area contributed by atoms with Crippen molar-refractivity contribution < 1.29 is 4.74 Å². The van der Waals surface area contributed by atoms with Gasteiger partial charge in [0.2, 0.25) is 0 Å². The number of benzene rings is 1. The zero-order chi connectivity index (χ0) is 13.9. The van der Waals surface area contributed by atoms with Crippen molar-refractivity contribution in [2.45, 2.75) is 59.6 Å². The smallest absolute Gasteiger partial charge is 0.127 e. The highest BCUT2D eigenvalue weighted by Gasteiger charge is 2.19. The lowest BCUT2D eigenvalue weighted by atomic mass is 9.95. The molecule has 1 aromatic carbocycles. The van der Waals surface area contributed by atoms with Crippen LogP contribution in [0.3, 0.4) is 0 Å². The Hall–Kier alpha value is -0.730. The average Bonchev–Trinajstić information content (AvgIpc) is 2.25. The van der Waals surface area contributed by atoms with E-state index in [-0.39, 0.29) is 12.1 Å². The molecule has 0 saturated carbocycles. The summed E-state index contributed by atoms with van der Waals surface area (Å²) in [6, 6.07) is 1.94. The summed E-state index contributed by atoms with van der Waals surface area (Å²) in [5.41, 5.74) is 9.44. The molecular weight excluding hydrogens is 246 g/mol. The topological polar surface area (TPSA) is 35.2 Å². The van der Waals surface area contributed by atoms with Crippen LogP contribution >= 0.6 is 11.6 Å². The fraction of sp³-hybridized carbons (Fsp3) is 0.600. The molecule has 3 heteroatoms. The molecule has 102 valence electrons. The minimum atomic E-state index is -0.0128. The van der Waals surface area contributed by atoms with Crippen molar-refractivity contribution in [2.24, 2.45) is 5.73 Å². The molecule has 0 fully saturated rings. The molecular formula is C15H24ClNO. The van der Waals surface area contributed by atoms with Crippen LogP contribution in [0.4, 0.5) is 0 Å². The normalized spacial score (nSPS) is 12.9. The van der Waals surface area contributed by atoms with E-state index in [1.807, 2.05) is 33.8 Å². The minimum Gasteiger partial charge on any atom is -0.490 e. The van der Waals surface area contributed by atoms with Crippen LogP contribution in [0.5, 0.6) is 5.75 Å². The molecule has 0 aliphatic carbocycles. The average molecular weight is 270 g/mol. The van der Waals surface area contributed by atoms with Crippen molar-refractivity contribution in [2.75, 3.05) is 0 Å². The van der Waals surface area contributed by atoms with E-state index >= 15 is 0 Å². The van der Waals surface area contributed by atoms with Crippen LogP contribution in [0.25, 0.3) is 0 Å². The van der Waals surface area contributed by atoms with Crippen molar-refractivity contribution in [3.63, 3.8) is 0 Å². The molecule has 0 bridgehead atoms. The van der Waals surface area contributed by atoms with E-state index < -0.39 is 0 Å². The Morgan fingerprint density at radius 3 is 2.44 bits per heavy atom. The summed E-state index contributed by atoms with van der Waals surface area (Å²) in [6.45, 7) is 10.2. The fourth-order valence-corrected chi connectivity index (χ4v) is 2.43. The predicted molar refractivity (Wildman–Crippen MR) is 78.5 cm³/mol. The zero-order valence-corrected chi connectivity index (χ0v) is 12.8. The van der Waals surface area contributed by atoms with E-state index in [2.05, 4.69) is 6.92 Å². The Balaban J connectivity index is 3.32. The minimum absolute atomic E-state index is 0.0128. The van der Waals surface area contributed by atoms with Crippen molar-refractivity contribution >= 4 is 11.6 Å². The van der Waals surface area contributed by atoms with Gasteiger partial charge in [-0.2, -0.15) is 0 Å². The Morgan fingerprint density at radius 1 is 1.33 bits per heavy atom. The van der Waals surface area contributed by atoms with Gasteiger partial charge >= 0.3 is 0 Å². The molecule has 1 atom stereocenters. The number of ether oxygens (including phenoxy) is 1. The second-order valence-corrected chi connectivity index (χ2v) is 5.51. The highest BCUT2D eigenvalue weighted by atomic mass is 35.5. The van der Waals surface area contributed by atoms with Crippen LogP contribution in [0.15, 0.2) is 6.07 Å². The molecule has 0 radical (unpaired) electrons. The Morgan fingerprint density at radius 2 is 1.94 bits per heavy atom. The number of rotatable bonds is 5. The number of halogens is 1. The van der Waals surface area contributed by atoms with Crippen molar-refractivity contribution in [3.8, 4) is 5.75 Å². The summed E-state index contributed by atoms with van der Waals surface area (Å²) in [4.78, 5) is 0. The van der Waals surface area contributed by atoms with E-state index in [4.69, 9.17) is 22.1 Å². The SMILES string of the molecule is CCCC(N)c1c(C)c(Cl)cc(C)c1OC(C)C. The Bertz CT molecular complexity index is 415. The number of nitrogens with two attached hydrogens (primary N) is 1. The molecule has 0 heterocycles. The maximum atomic E-state index is 6.28. The van der Waals surface area contributed by atoms with E-state index in [9.17, 15) is 0 Å². The van der Waals surface area contributed by atoms with Crippen LogP contribution in [-0.2, 0) is 0 Å². The summed E-state index contributed by atoms with van der Waals surface area (Å²) < 4.78 is 5.94. The molecule has 0 spiro atoms. The van der Waals surface area contributed by atoms with Gasteiger partial charge in [0.05, 0.1) is 6.10 Å². The largest absolute Gasteiger partial charge is 0.490 e. The van der Waals surface area contributed by atoms with Crippen molar-refractivity contribution in [1.29, 1.82) is 0 Å². The summed E-state index contributed by atoms with van der Waals surface area (Å²) in [7, 11) is 0. The molecule has 0 saturated heterocycles. The highest BCUT2D eigenvalue weighted by molar-refractivity contribution is 6.31. The van der Waals surface area contributed by atoms with Crippen LogP contribution in [0.1, 0.15) is 56.3 Å². The molecule has 2 nitrogen and oxygen atoms in total. The third-order valence-corrected chi connectivity index (χ3v) is 3.42. The Kier molecular flexibility index (Phi) is 5.48. The third-order valence-electron chi connectivity index (χ3n) is 3.03. The van der Waals surface area contributed by atoms with Gasteiger partial charge in [0.25, 0.3) is 0 Å². The molecule has 0 aromatic heterocycles. The second-order valence-electron chi connectivity index (χ2n) is 5.10. The lowest BCUT2D eigenvalue weighted by Gasteiger charge is -2.23. The van der Waals surface area contributed by atoms with Crippen molar-refractivity contribution in [3.05, 3.63) is 27.8 Å². The molecule has 1 unspecified atom stereocenters. The van der Waals surface area contributed by atoms with E-state index in [0.717, 1.165) is 40.3 Å². The number of hydrogen-bond acceptors (Lipinski definition) is 2. The van der Waals surface area contributed by atoms with Crippen LogP contribution in [0.2, 0.25) is 5.02 Å². The molecule has 0 aliphatic rings. The summed E-state index contributed by atoms with van der Waals surface area (Å²) in [6.07, 6.45) is 2.12. The zero-order valence-electron chi connectivity index (χ0n) is 12.0.